The van der Waals surface area contributed by atoms with Gasteiger partial charge in [0.05, 0.1) is 19.8 Å². The molecule has 26 heavy (non-hydrogen) atoms. The summed E-state index contributed by atoms with van der Waals surface area (Å²) in [6.07, 6.45) is 4.52. The van der Waals surface area contributed by atoms with E-state index < -0.39 is 0 Å². The van der Waals surface area contributed by atoms with Crippen LogP contribution in [0.25, 0.3) is 0 Å². The molecular weight excluding hydrogens is 330 g/mol. The van der Waals surface area contributed by atoms with Gasteiger partial charge < -0.3 is 19.5 Å². The molecule has 7 nitrogen and oxygen atoms in total. The number of hydrogen-bond donors (Lipinski definition) is 1. The molecule has 1 fully saturated rings. The molecule has 2 aliphatic rings. The van der Waals surface area contributed by atoms with Gasteiger partial charge in [-0.15, -0.1) is 10.2 Å². The Bertz CT molecular complexity index is 750. The summed E-state index contributed by atoms with van der Waals surface area (Å²) >= 11 is 0. The molecule has 1 amide bonds. The van der Waals surface area contributed by atoms with E-state index in [4.69, 9.17) is 4.74 Å². The SMILES string of the molecule is O=C(NCc1nnc2n1CCCCC2)c1ccc(N2CCOCC2)cc1. The van der Waals surface area contributed by atoms with Crippen LogP contribution in [-0.2, 0) is 24.2 Å². The Morgan fingerprint density at radius 1 is 1.04 bits per heavy atom. The average Bonchev–Trinajstić information content (AvgIpc) is 2.93. The van der Waals surface area contributed by atoms with E-state index in [9.17, 15) is 4.79 Å². The standard InChI is InChI=1S/C19H25N5O2/c25-19(15-5-7-16(8-6-15)23-10-12-26-13-11-23)20-14-18-22-21-17-4-2-1-3-9-24(17)18/h5-8H,1-4,9-14H2,(H,20,25). The summed E-state index contributed by atoms with van der Waals surface area (Å²) in [4.78, 5) is 14.7. The summed E-state index contributed by atoms with van der Waals surface area (Å²) < 4.78 is 7.54. The Morgan fingerprint density at radius 3 is 2.65 bits per heavy atom. The normalized spacial score (nSPS) is 17.5. The molecule has 0 unspecified atom stereocenters. The third kappa shape index (κ3) is 3.72. The second kappa shape index (κ2) is 7.86. The van der Waals surface area contributed by atoms with Crippen molar-refractivity contribution >= 4 is 11.6 Å². The van der Waals surface area contributed by atoms with Gasteiger partial charge in [0.25, 0.3) is 5.91 Å². The van der Waals surface area contributed by atoms with Gasteiger partial charge in [-0.25, -0.2) is 0 Å². The molecule has 2 aliphatic heterocycles. The number of aromatic nitrogens is 3. The number of carbonyl (C=O) groups excluding carboxylic acids is 1. The van der Waals surface area contributed by atoms with E-state index >= 15 is 0 Å². The summed E-state index contributed by atoms with van der Waals surface area (Å²) in [6, 6.07) is 7.77. The lowest BCUT2D eigenvalue weighted by Crippen LogP contribution is -2.36. The molecule has 1 aromatic carbocycles. The van der Waals surface area contributed by atoms with Crippen molar-refractivity contribution in [3.63, 3.8) is 0 Å². The number of anilines is 1. The highest BCUT2D eigenvalue weighted by Crippen LogP contribution is 2.17. The van der Waals surface area contributed by atoms with Gasteiger partial charge in [0.2, 0.25) is 0 Å². The number of amides is 1. The Labute approximate surface area is 153 Å². The van der Waals surface area contributed by atoms with E-state index in [1.54, 1.807) is 0 Å². The first kappa shape index (κ1) is 17.0. The van der Waals surface area contributed by atoms with Crippen molar-refractivity contribution in [1.29, 1.82) is 0 Å². The quantitative estimate of drug-likeness (QED) is 0.905. The molecule has 0 saturated carbocycles. The van der Waals surface area contributed by atoms with E-state index in [1.807, 2.05) is 24.3 Å². The smallest absolute Gasteiger partial charge is 0.251 e. The van der Waals surface area contributed by atoms with E-state index in [1.165, 1.54) is 12.8 Å². The third-order valence-corrected chi connectivity index (χ3v) is 5.10. The van der Waals surface area contributed by atoms with Crippen LogP contribution >= 0.6 is 0 Å². The number of morpholine rings is 1. The molecule has 1 aromatic heterocycles. The first-order valence-electron chi connectivity index (χ1n) is 9.43. The molecule has 1 saturated heterocycles. The molecule has 0 spiro atoms. The molecule has 0 atom stereocenters. The highest BCUT2D eigenvalue weighted by Gasteiger charge is 2.16. The predicted molar refractivity (Wildman–Crippen MR) is 98.2 cm³/mol. The van der Waals surface area contributed by atoms with Crippen LogP contribution in [0.3, 0.4) is 0 Å². The Kier molecular flexibility index (Phi) is 5.15. The number of nitrogens with one attached hydrogen (secondary N) is 1. The number of carbonyl (C=O) groups is 1. The van der Waals surface area contributed by atoms with Crippen molar-refractivity contribution in [2.75, 3.05) is 31.2 Å². The minimum Gasteiger partial charge on any atom is -0.378 e. The summed E-state index contributed by atoms with van der Waals surface area (Å²) in [5.74, 6) is 1.81. The molecule has 3 heterocycles. The third-order valence-electron chi connectivity index (χ3n) is 5.10. The van der Waals surface area contributed by atoms with Gasteiger partial charge in [-0.05, 0) is 37.1 Å². The molecule has 2 aromatic rings. The predicted octanol–water partition coefficient (Wildman–Crippen LogP) is 1.77. The van der Waals surface area contributed by atoms with Crippen LogP contribution in [0.15, 0.2) is 24.3 Å². The maximum Gasteiger partial charge on any atom is 0.251 e. The number of hydrogen-bond acceptors (Lipinski definition) is 5. The van der Waals surface area contributed by atoms with Crippen LogP contribution < -0.4 is 10.2 Å². The molecular formula is C19H25N5O2. The second-order valence-corrected chi connectivity index (χ2v) is 6.82. The van der Waals surface area contributed by atoms with Crippen molar-refractivity contribution in [3.05, 3.63) is 41.5 Å². The maximum absolute atomic E-state index is 12.5. The minimum absolute atomic E-state index is 0.0792. The number of rotatable bonds is 4. The number of nitrogens with zero attached hydrogens (tertiary/aromatic N) is 4. The fraction of sp³-hybridized carbons (Fsp3) is 0.526. The van der Waals surface area contributed by atoms with Crippen LogP contribution in [-0.4, -0.2) is 47.0 Å². The van der Waals surface area contributed by atoms with Crippen LogP contribution in [0.2, 0.25) is 0 Å². The van der Waals surface area contributed by atoms with E-state index in [2.05, 4.69) is 25.0 Å². The summed E-state index contributed by atoms with van der Waals surface area (Å²) in [7, 11) is 0. The lowest BCUT2D eigenvalue weighted by molar-refractivity contribution is 0.0949. The zero-order chi connectivity index (χ0) is 17.8. The van der Waals surface area contributed by atoms with Gasteiger partial charge in [-0.3, -0.25) is 4.79 Å². The lowest BCUT2D eigenvalue weighted by atomic mass is 10.1. The molecule has 0 bridgehead atoms. The van der Waals surface area contributed by atoms with Gasteiger partial charge in [0, 0.05) is 37.3 Å². The van der Waals surface area contributed by atoms with Gasteiger partial charge in [-0.1, -0.05) is 6.42 Å². The van der Waals surface area contributed by atoms with Crippen LogP contribution in [0.5, 0.6) is 0 Å². The second-order valence-electron chi connectivity index (χ2n) is 6.82. The lowest BCUT2D eigenvalue weighted by Gasteiger charge is -2.28. The van der Waals surface area contributed by atoms with Gasteiger partial charge >= 0.3 is 0 Å². The fourth-order valence-corrected chi connectivity index (χ4v) is 3.58. The average molecular weight is 355 g/mol. The molecule has 138 valence electrons. The topological polar surface area (TPSA) is 72.3 Å². The molecule has 1 N–H and O–H groups in total. The zero-order valence-electron chi connectivity index (χ0n) is 15.0. The van der Waals surface area contributed by atoms with Crippen LogP contribution in [0.4, 0.5) is 5.69 Å². The van der Waals surface area contributed by atoms with Crippen LogP contribution in [0, 0.1) is 0 Å². The Morgan fingerprint density at radius 2 is 1.85 bits per heavy atom. The van der Waals surface area contributed by atoms with E-state index in [0.717, 1.165) is 63.0 Å². The highest BCUT2D eigenvalue weighted by atomic mass is 16.5. The van der Waals surface area contributed by atoms with Gasteiger partial charge in [0.1, 0.15) is 5.82 Å². The monoisotopic (exact) mass is 355 g/mol. The molecule has 0 aliphatic carbocycles. The van der Waals surface area contributed by atoms with Gasteiger partial charge in [-0.2, -0.15) is 0 Å². The zero-order valence-corrected chi connectivity index (χ0v) is 15.0. The van der Waals surface area contributed by atoms with E-state index in [-0.39, 0.29) is 5.91 Å². The summed E-state index contributed by atoms with van der Waals surface area (Å²) in [5, 5.41) is 11.5. The molecule has 0 radical (unpaired) electrons. The van der Waals surface area contributed by atoms with Crippen molar-refractivity contribution < 1.29 is 9.53 Å². The number of ether oxygens (including phenoxy) is 1. The van der Waals surface area contributed by atoms with Gasteiger partial charge in [0.15, 0.2) is 5.82 Å². The summed E-state index contributed by atoms with van der Waals surface area (Å²) in [5.41, 5.74) is 1.80. The first-order valence-corrected chi connectivity index (χ1v) is 9.43. The number of aryl methyl sites for hydroxylation is 1. The van der Waals surface area contributed by atoms with Crippen molar-refractivity contribution in [2.24, 2.45) is 0 Å². The van der Waals surface area contributed by atoms with Crippen LogP contribution in [0.1, 0.15) is 41.3 Å². The highest BCUT2D eigenvalue weighted by molar-refractivity contribution is 5.94. The number of benzene rings is 1. The number of fused-ring (bicyclic) bond motifs is 1. The largest absolute Gasteiger partial charge is 0.378 e. The summed E-state index contributed by atoms with van der Waals surface area (Å²) in [6.45, 7) is 4.65. The fourth-order valence-electron chi connectivity index (χ4n) is 3.58. The molecule has 4 rings (SSSR count). The van der Waals surface area contributed by atoms with Crippen molar-refractivity contribution in [1.82, 2.24) is 20.1 Å². The first-order chi connectivity index (χ1) is 12.8. The molecule has 7 heteroatoms. The van der Waals surface area contributed by atoms with Crippen molar-refractivity contribution in [2.45, 2.75) is 38.8 Å². The minimum atomic E-state index is -0.0792. The maximum atomic E-state index is 12.5. The van der Waals surface area contributed by atoms with Crippen molar-refractivity contribution in [3.8, 4) is 0 Å². The van der Waals surface area contributed by atoms with E-state index in [0.29, 0.717) is 12.1 Å². The Hall–Kier alpha value is -2.41. The Balaban J connectivity index is 1.37.